The van der Waals surface area contributed by atoms with Gasteiger partial charge in [0.2, 0.25) is 12.7 Å². The molecule has 0 radical (unpaired) electrons. The summed E-state index contributed by atoms with van der Waals surface area (Å²) in [5, 5.41) is 2.82. The maximum atomic E-state index is 12.4. The number of aromatic amines is 1. The maximum Gasteiger partial charge on any atom is 0.231 e. The van der Waals surface area contributed by atoms with Crippen LogP contribution in [0.5, 0.6) is 11.5 Å². The predicted octanol–water partition coefficient (Wildman–Crippen LogP) is 4.18. The summed E-state index contributed by atoms with van der Waals surface area (Å²) in [4.78, 5) is 27.7. The van der Waals surface area contributed by atoms with E-state index in [4.69, 9.17) is 9.47 Å². The van der Waals surface area contributed by atoms with E-state index in [1.807, 2.05) is 42.5 Å². The molecule has 28 heavy (non-hydrogen) atoms. The van der Waals surface area contributed by atoms with Crippen molar-refractivity contribution in [2.45, 2.75) is 19.8 Å². The van der Waals surface area contributed by atoms with E-state index in [1.54, 1.807) is 12.1 Å². The van der Waals surface area contributed by atoms with Crippen molar-refractivity contribution in [2.75, 3.05) is 12.1 Å². The van der Waals surface area contributed by atoms with Gasteiger partial charge in [-0.25, -0.2) is 0 Å². The zero-order valence-electron chi connectivity index (χ0n) is 15.5. The molecule has 0 fully saturated rings. The molecule has 1 amide bonds. The van der Waals surface area contributed by atoms with Crippen LogP contribution in [0.15, 0.2) is 54.6 Å². The van der Waals surface area contributed by atoms with Crippen LogP contribution in [0.1, 0.15) is 29.4 Å². The lowest BCUT2D eigenvalue weighted by molar-refractivity contribution is -0.116. The minimum Gasteiger partial charge on any atom is -0.454 e. The van der Waals surface area contributed by atoms with Crippen LogP contribution in [0, 0.1) is 0 Å². The summed E-state index contributed by atoms with van der Waals surface area (Å²) in [5.74, 6) is 0.725. The molecule has 3 aromatic rings. The van der Waals surface area contributed by atoms with Gasteiger partial charge in [0.25, 0.3) is 0 Å². The molecule has 2 N–H and O–H groups in total. The van der Waals surface area contributed by atoms with Gasteiger partial charge in [-0.2, -0.15) is 0 Å². The molecule has 0 atom stereocenters. The van der Waals surface area contributed by atoms with E-state index in [0.717, 1.165) is 17.0 Å². The van der Waals surface area contributed by atoms with Crippen LogP contribution in [0.3, 0.4) is 0 Å². The predicted molar refractivity (Wildman–Crippen MR) is 106 cm³/mol. The number of nitrogens with one attached hydrogen (secondary N) is 2. The highest BCUT2D eigenvalue weighted by atomic mass is 16.7. The fraction of sp³-hybridized carbons (Fsp3) is 0.182. The van der Waals surface area contributed by atoms with Crippen LogP contribution in [0.4, 0.5) is 5.69 Å². The number of aromatic nitrogens is 1. The highest BCUT2D eigenvalue weighted by molar-refractivity contribution is 6.04. The average Bonchev–Trinajstić information content (AvgIpc) is 3.35. The molecule has 1 aliphatic rings. The molecule has 6 heteroatoms. The number of aryl methyl sites for hydroxylation is 1. The molecule has 2 heterocycles. The Morgan fingerprint density at radius 2 is 1.79 bits per heavy atom. The monoisotopic (exact) mass is 376 g/mol. The standard InChI is InChI=1S/C22H20N2O4/c1-14(25)17-11-20-21(28-13-27-20)12-19(17)24-22(26)10-8-16-7-9-18(23-16)15-5-3-2-4-6-15/h2-7,9,11-12,23H,8,10,13H2,1H3,(H,24,26). The number of carbonyl (C=O) groups excluding carboxylic acids is 2. The summed E-state index contributed by atoms with van der Waals surface area (Å²) in [5.41, 5.74) is 3.95. The fourth-order valence-electron chi connectivity index (χ4n) is 3.17. The third-order valence-corrected chi connectivity index (χ3v) is 4.62. The molecule has 6 nitrogen and oxygen atoms in total. The van der Waals surface area contributed by atoms with Crippen LogP contribution in [-0.4, -0.2) is 23.5 Å². The molecule has 142 valence electrons. The number of fused-ring (bicyclic) bond motifs is 1. The number of Topliss-reactive ketones (excluding diaryl/α,β-unsaturated/α-hetero) is 1. The van der Waals surface area contributed by atoms with Crippen molar-refractivity contribution >= 4 is 17.4 Å². The number of anilines is 1. The average molecular weight is 376 g/mol. The Labute approximate surface area is 162 Å². The number of H-pyrrole nitrogens is 1. The highest BCUT2D eigenvalue weighted by Gasteiger charge is 2.20. The lowest BCUT2D eigenvalue weighted by Gasteiger charge is -2.10. The van der Waals surface area contributed by atoms with Crippen molar-refractivity contribution in [3.8, 4) is 22.8 Å². The Bertz CT molecular complexity index is 1020. The number of ketones is 1. The minimum absolute atomic E-state index is 0.112. The largest absolute Gasteiger partial charge is 0.454 e. The van der Waals surface area contributed by atoms with Gasteiger partial charge < -0.3 is 19.8 Å². The second kappa shape index (κ2) is 7.60. The molecule has 4 rings (SSSR count). The lowest BCUT2D eigenvalue weighted by Crippen LogP contribution is -2.14. The minimum atomic E-state index is -0.169. The van der Waals surface area contributed by atoms with Gasteiger partial charge in [0.15, 0.2) is 17.3 Å². The molecular formula is C22H20N2O4. The number of hydrogen-bond acceptors (Lipinski definition) is 4. The second-order valence-electron chi connectivity index (χ2n) is 6.62. The van der Waals surface area contributed by atoms with Gasteiger partial charge in [0, 0.05) is 29.4 Å². The van der Waals surface area contributed by atoms with E-state index in [1.165, 1.54) is 6.92 Å². The first-order valence-electron chi connectivity index (χ1n) is 9.08. The molecule has 0 spiro atoms. The highest BCUT2D eigenvalue weighted by Crippen LogP contribution is 2.37. The molecule has 2 aromatic carbocycles. The first kappa shape index (κ1) is 17.9. The SMILES string of the molecule is CC(=O)c1cc2c(cc1NC(=O)CCc1ccc(-c3ccccc3)[nH]1)OCO2. The van der Waals surface area contributed by atoms with Crippen molar-refractivity contribution in [3.05, 3.63) is 65.9 Å². The summed E-state index contributed by atoms with van der Waals surface area (Å²) < 4.78 is 10.6. The Morgan fingerprint density at radius 3 is 2.54 bits per heavy atom. The van der Waals surface area contributed by atoms with Crippen LogP contribution < -0.4 is 14.8 Å². The Hall–Kier alpha value is -3.54. The summed E-state index contributed by atoms with van der Waals surface area (Å²) in [6.45, 7) is 1.57. The van der Waals surface area contributed by atoms with Gasteiger partial charge >= 0.3 is 0 Å². The third-order valence-electron chi connectivity index (χ3n) is 4.62. The van der Waals surface area contributed by atoms with Crippen molar-refractivity contribution in [1.29, 1.82) is 0 Å². The summed E-state index contributed by atoms with van der Waals surface area (Å²) in [6, 6.07) is 17.3. The van der Waals surface area contributed by atoms with Crippen molar-refractivity contribution in [1.82, 2.24) is 4.98 Å². The first-order valence-corrected chi connectivity index (χ1v) is 9.08. The van der Waals surface area contributed by atoms with Gasteiger partial charge in [0.1, 0.15) is 0 Å². The molecule has 0 saturated carbocycles. The Morgan fingerprint density at radius 1 is 1.04 bits per heavy atom. The van der Waals surface area contributed by atoms with Crippen LogP contribution in [-0.2, 0) is 11.2 Å². The number of benzene rings is 2. The van der Waals surface area contributed by atoms with Gasteiger partial charge in [-0.15, -0.1) is 0 Å². The van der Waals surface area contributed by atoms with E-state index < -0.39 is 0 Å². The Balaban J connectivity index is 1.42. The molecule has 0 aliphatic carbocycles. The normalized spacial score (nSPS) is 12.0. The van der Waals surface area contributed by atoms with Crippen molar-refractivity contribution in [3.63, 3.8) is 0 Å². The third kappa shape index (κ3) is 3.76. The first-order chi connectivity index (χ1) is 13.6. The van der Waals surface area contributed by atoms with Crippen molar-refractivity contribution < 1.29 is 19.1 Å². The molecule has 1 aliphatic heterocycles. The summed E-state index contributed by atoms with van der Waals surface area (Å²) in [7, 11) is 0. The van der Waals surface area contributed by atoms with Gasteiger partial charge in [-0.3, -0.25) is 9.59 Å². The topological polar surface area (TPSA) is 80.4 Å². The van der Waals surface area contributed by atoms with Crippen LogP contribution in [0.2, 0.25) is 0 Å². The maximum absolute atomic E-state index is 12.4. The molecule has 1 aromatic heterocycles. The zero-order valence-corrected chi connectivity index (χ0v) is 15.5. The Kier molecular flexibility index (Phi) is 4.85. The zero-order chi connectivity index (χ0) is 19.5. The lowest BCUT2D eigenvalue weighted by atomic mass is 10.1. The number of amides is 1. The fourth-order valence-corrected chi connectivity index (χ4v) is 3.17. The molecule has 0 unspecified atom stereocenters. The van der Waals surface area contributed by atoms with Gasteiger partial charge in [-0.1, -0.05) is 30.3 Å². The summed E-state index contributed by atoms with van der Waals surface area (Å²) >= 11 is 0. The quantitative estimate of drug-likeness (QED) is 0.632. The summed E-state index contributed by atoms with van der Waals surface area (Å²) in [6.07, 6.45) is 0.860. The van der Waals surface area contributed by atoms with E-state index in [2.05, 4.69) is 10.3 Å². The number of hydrogen-bond donors (Lipinski definition) is 2. The number of carbonyl (C=O) groups is 2. The smallest absolute Gasteiger partial charge is 0.231 e. The van der Waals surface area contributed by atoms with Crippen LogP contribution >= 0.6 is 0 Å². The van der Waals surface area contributed by atoms with Gasteiger partial charge in [-0.05, 0) is 37.1 Å². The number of ether oxygens (including phenoxy) is 2. The van der Waals surface area contributed by atoms with E-state index in [9.17, 15) is 9.59 Å². The van der Waals surface area contributed by atoms with E-state index in [0.29, 0.717) is 35.6 Å². The molecular weight excluding hydrogens is 356 g/mol. The number of rotatable bonds is 6. The van der Waals surface area contributed by atoms with E-state index >= 15 is 0 Å². The van der Waals surface area contributed by atoms with Crippen LogP contribution in [0.25, 0.3) is 11.3 Å². The van der Waals surface area contributed by atoms with Gasteiger partial charge in [0.05, 0.1) is 5.69 Å². The van der Waals surface area contributed by atoms with E-state index in [-0.39, 0.29) is 18.5 Å². The molecule has 0 saturated heterocycles. The van der Waals surface area contributed by atoms with Crippen molar-refractivity contribution in [2.24, 2.45) is 0 Å². The second-order valence-corrected chi connectivity index (χ2v) is 6.62. The molecule has 0 bridgehead atoms.